The Balaban J connectivity index is 1.65. The fraction of sp³-hybridized carbons (Fsp3) is 0.350. The fourth-order valence-corrected chi connectivity index (χ4v) is 3.26. The number of hydrogen-bond donors (Lipinski definition) is 1. The fourth-order valence-electron chi connectivity index (χ4n) is 3.26. The lowest BCUT2D eigenvalue weighted by atomic mass is 10.1. The first-order valence-corrected chi connectivity index (χ1v) is 8.74. The van der Waals surface area contributed by atoms with Gasteiger partial charge in [-0.25, -0.2) is 0 Å². The van der Waals surface area contributed by atoms with Gasteiger partial charge in [-0.3, -0.25) is 9.59 Å². The number of hydrogen-bond acceptors (Lipinski definition) is 4. The number of ketones is 1. The summed E-state index contributed by atoms with van der Waals surface area (Å²) in [7, 11) is 0. The standard InChI is InChI=1S/C20H22N2O4/c1-21-11-2-3-13-26-15-6-4-14(5-7-15)19(23)18-9-8-17-16(20(24)25)10-12-22(17)18/h4-9,16H,1-3,10-13H2,(H,24,25). The van der Waals surface area contributed by atoms with Crippen LogP contribution in [-0.4, -0.2) is 41.3 Å². The molecule has 0 amide bonds. The number of aromatic nitrogens is 1. The third-order valence-electron chi connectivity index (χ3n) is 4.64. The minimum absolute atomic E-state index is 0.106. The van der Waals surface area contributed by atoms with Crippen LogP contribution in [0.15, 0.2) is 41.4 Å². The maximum absolute atomic E-state index is 12.8. The van der Waals surface area contributed by atoms with E-state index < -0.39 is 11.9 Å². The lowest BCUT2D eigenvalue weighted by molar-refractivity contribution is -0.138. The first kappa shape index (κ1) is 17.9. The smallest absolute Gasteiger partial charge is 0.312 e. The van der Waals surface area contributed by atoms with Crippen LogP contribution in [0.25, 0.3) is 0 Å². The molecule has 1 atom stereocenters. The van der Waals surface area contributed by atoms with Crippen molar-refractivity contribution in [3.63, 3.8) is 0 Å². The quantitative estimate of drug-likeness (QED) is 0.426. The average molecular weight is 354 g/mol. The molecule has 0 saturated heterocycles. The number of carboxylic acid groups (broad SMARTS) is 1. The number of ether oxygens (including phenoxy) is 1. The lowest BCUT2D eigenvalue weighted by Crippen LogP contribution is -2.10. The van der Waals surface area contributed by atoms with Crippen molar-refractivity contribution in [1.82, 2.24) is 4.57 Å². The molecule has 1 aliphatic rings. The molecule has 136 valence electrons. The Kier molecular flexibility index (Phi) is 5.51. The Morgan fingerprint density at radius 1 is 1.19 bits per heavy atom. The van der Waals surface area contributed by atoms with Crippen molar-refractivity contribution in [3.05, 3.63) is 53.3 Å². The van der Waals surface area contributed by atoms with Crippen LogP contribution in [0.4, 0.5) is 0 Å². The molecule has 0 saturated carbocycles. The van der Waals surface area contributed by atoms with Crippen LogP contribution in [0, 0.1) is 0 Å². The third kappa shape index (κ3) is 3.69. The van der Waals surface area contributed by atoms with Crippen LogP contribution in [0.1, 0.15) is 46.9 Å². The zero-order valence-electron chi connectivity index (χ0n) is 14.6. The number of carbonyl (C=O) groups is 2. The average Bonchev–Trinajstić information content (AvgIpc) is 3.23. The number of unbranched alkanes of at least 4 members (excludes halogenated alkanes) is 1. The number of rotatable bonds is 9. The minimum Gasteiger partial charge on any atom is -0.494 e. The predicted molar refractivity (Wildman–Crippen MR) is 98.4 cm³/mol. The van der Waals surface area contributed by atoms with Gasteiger partial charge in [0.05, 0.1) is 18.2 Å². The molecule has 0 fully saturated rings. The maximum Gasteiger partial charge on any atom is 0.312 e. The molecule has 0 bridgehead atoms. The first-order chi connectivity index (χ1) is 12.6. The van der Waals surface area contributed by atoms with Crippen molar-refractivity contribution < 1.29 is 19.4 Å². The predicted octanol–water partition coefficient (Wildman–Crippen LogP) is 3.15. The van der Waals surface area contributed by atoms with Crippen LogP contribution in [-0.2, 0) is 11.3 Å². The summed E-state index contributed by atoms with van der Waals surface area (Å²) in [6, 6.07) is 10.5. The lowest BCUT2D eigenvalue weighted by Gasteiger charge is -2.08. The van der Waals surface area contributed by atoms with Crippen molar-refractivity contribution in [2.45, 2.75) is 31.7 Å². The van der Waals surface area contributed by atoms with Crippen molar-refractivity contribution in [2.75, 3.05) is 13.2 Å². The Bertz CT molecular complexity index is 808. The van der Waals surface area contributed by atoms with Gasteiger partial charge in [0.2, 0.25) is 5.78 Å². The Hall–Kier alpha value is -2.89. The molecule has 1 unspecified atom stereocenters. The van der Waals surface area contributed by atoms with Crippen LogP contribution >= 0.6 is 0 Å². The van der Waals surface area contributed by atoms with Gasteiger partial charge in [0, 0.05) is 24.3 Å². The number of carbonyl (C=O) groups excluding carboxylic acids is 1. The van der Waals surface area contributed by atoms with E-state index in [0.717, 1.165) is 25.1 Å². The molecule has 2 heterocycles. The topological polar surface area (TPSA) is 80.9 Å². The molecule has 1 aliphatic heterocycles. The number of aliphatic imine (C=N–C) groups is 1. The summed E-state index contributed by atoms with van der Waals surface area (Å²) in [4.78, 5) is 27.8. The van der Waals surface area contributed by atoms with Gasteiger partial charge in [-0.1, -0.05) is 0 Å². The highest BCUT2D eigenvalue weighted by Crippen LogP contribution is 2.31. The molecule has 26 heavy (non-hydrogen) atoms. The van der Waals surface area contributed by atoms with Crippen molar-refractivity contribution in [1.29, 1.82) is 0 Å². The summed E-state index contributed by atoms with van der Waals surface area (Å²) in [5.74, 6) is -0.750. The van der Waals surface area contributed by atoms with Crippen LogP contribution in [0.3, 0.4) is 0 Å². The van der Waals surface area contributed by atoms with E-state index in [1.54, 1.807) is 36.4 Å². The molecule has 0 aliphatic carbocycles. The van der Waals surface area contributed by atoms with E-state index in [4.69, 9.17) is 4.74 Å². The number of nitrogens with zero attached hydrogens (tertiary/aromatic N) is 2. The van der Waals surface area contributed by atoms with E-state index >= 15 is 0 Å². The second-order valence-corrected chi connectivity index (χ2v) is 6.33. The number of fused-ring (bicyclic) bond motifs is 1. The van der Waals surface area contributed by atoms with Gasteiger partial charge in [0.1, 0.15) is 5.75 Å². The van der Waals surface area contributed by atoms with Gasteiger partial charge in [0.25, 0.3) is 0 Å². The van der Waals surface area contributed by atoms with Crippen LogP contribution < -0.4 is 4.74 Å². The molecule has 0 radical (unpaired) electrons. The summed E-state index contributed by atoms with van der Waals surface area (Å²) >= 11 is 0. The minimum atomic E-state index is -0.841. The number of aliphatic carboxylic acids is 1. The molecule has 1 aromatic carbocycles. The van der Waals surface area contributed by atoms with E-state index in [1.807, 2.05) is 4.57 Å². The third-order valence-corrected chi connectivity index (χ3v) is 4.64. The summed E-state index contributed by atoms with van der Waals surface area (Å²) in [6.07, 6.45) is 2.37. The molecule has 6 heteroatoms. The van der Waals surface area contributed by atoms with E-state index in [1.165, 1.54) is 0 Å². The van der Waals surface area contributed by atoms with E-state index in [-0.39, 0.29) is 5.78 Å². The molecular weight excluding hydrogens is 332 g/mol. The van der Waals surface area contributed by atoms with Crippen LogP contribution in [0.2, 0.25) is 0 Å². The Morgan fingerprint density at radius 3 is 2.65 bits per heavy atom. The van der Waals surface area contributed by atoms with Gasteiger partial charge in [-0.2, -0.15) is 0 Å². The highest BCUT2D eigenvalue weighted by molar-refractivity contribution is 6.08. The van der Waals surface area contributed by atoms with Gasteiger partial charge in [0.15, 0.2) is 0 Å². The molecule has 3 rings (SSSR count). The van der Waals surface area contributed by atoms with Gasteiger partial charge in [-0.15, -0.1) is 0 Å². The van der Waals surface area contributed by atoms with Crippen molar-refractivity contribution in [2.24, 2.45) is 4.99 Å². The summed E-state index contributed by atoms with van der Waals surface area (Å²) < 4.78 is 7.47. The Morgan fingerprint density at radius 2 is 1.96 bits per heavy atom. The van der Waals surface area contributed by atoms with E-state index in [0.29, 0.717) is 36.5 Å². The van der Waals surface area contributed by atoms with Crippen molar-refractivity contribution in [3.8, 4) is 5.75 Å². The molecule has 1 aromatic heterocycles. The highest BCUT2D eigenvalue weighted by atomic mass is 16.5. The summed E-state index contributed by atoms with van der Waals surface area (Å²) in [5, 5.41) is 9.25. The monoisotopic (exact) mass is 354 g/mol. The summed E-state index contributed by atoms with van der Waals surface area (Å²) in [6.45, 7) is 5.34. The Labute approximate surface area is 152 Å². The first-order valence-electron chi connectivity index (χ1n) is 8.74. The van der Waals surface area contributed by atoms with Gasteiger partial charge < -0.3 is 19.4 Å². The zero-order valence-corrected chi connectivity index (χ0v) is 14.6. The molecular formula is C20H22N2O4. The normalized spacial score (nSPS) is 15.5. The molecule has 2 aromatic rings. The number of carboxylic acids is 1. The molecule has 6 nitrogen and oxygen atoms in total. The van der Waals surface area contributed by atoms with Crippen molar-refractivity contribution >= 4 is 18.5 Å². The van der Waals surface area contributed by atoms with Gasteiger partial charge >= 0.3 is 5.97 Å². The number of benzene rings is 1. The van der Waals surface area contributed by atoms with E-state index in [9.17, 15) is 14.7 Å². The molecule has 0 spiro atoms. The van der Waals surface area contributed by atoms with Gasteiger partial charge in [-0.05, 0) is 62.4 Å². The highest BCUT2D eigenvalue weighted by Gasteiger charge is 2.31. The second-order valence-electron chi connectivity index (χ2n) is 6.33. The molecule has 1 N–H and O–H groups in total. The van der Waals surface area contributed by atoms with E-state index in [2.05, 4.69) is 11.7 Å². The largest absolute Gasteiger partial charge is 0.494 e. The summed E-state index contributed by atoms with van der Waals surface area (Å²) in [5.41, 5.74) is 1.80. The van der Waals surface area contributed by atoms with Crippen LogP contribution in [0.5, 0.6) is 5.75 Å². The maximum atomic E-state index is 12.8. The second kappa shape index (κ2) is 7.99. The zero-order chi connectivity index (χ0) is 18.5. The SMILES string of the molecule is C=NCCCCOc1ccc(C(=O)c2ccc3n2CCC3C(=O)O)cc1.